The zero-order chi connectivity index (χ0) is 17.9. The summed E-state index contributed by atoms with van der Waals surface area (Å²) in [4.78, 5) is 25.7. The molecule has 128 valence electrons. The van der Waals surface area contributed by atoms with Crippen LogP contribution < -0.4 is 5.32 Å². The number of benzene rings is 1. The predicted octanol–water partition coefficient (Wildman–Crippen LogP) is 2.72. The maximum atomic E-state index is 12.4. The van der Waals surface area contributed by atoms with Crippen LogP contribution in [0.15, 0.2) is 30.3 Å². The second-order valence-corrected chi connectivity index (χ2v) is 7.01. The molecule has 0 saturated heterocycles. The molecule has 0 fully saturated rings. The molecule has 0 atom stereocenters. The Balaban J connectivity index is 2.08. The molecule has 7 heteroatoms. The summed E-state index contributed by atoms with van der Waals surface area (Å²) in [5.41, 5.74) is 1.28. The lowest BCUT2D eigenvalue weighted by Gasteiger charge is -2.23. The summed E-state index contributed by atoms with van der Waals surface area (Å²) in [7, 11) is 1.57. The lowest BCUT2D eigenvalue weighted by atomic mass is 10.1. The molecular formula is C17H21ClN4O2. The van der Waals surface area contributed by atoms with Crippen molar-refractivity contribution in [1.82, 2.24) is 20.4 Å². The van der Waals surface area contributed by atoms with Gasteiger partial charge in [0.25, 0.3) is 5.91 Å². The highest BCUT2D eigenvalue weighted by Gasteiger charge is 2.20. The largest absolute Gasteiger partial charge is 0.350 e. The molecule has 0 saturated carbocycles. The Labute approximate surface area is 146 Å². The monoisotopic (exact) mass is 348 g/mol. The molecule has 2 rings (SSSR count). The van der Waals surface area contributed by atoms with Crippen LogP contribution in [-0.4, -0.2) is 46.0 Å². The van der Waals surface area contributed by atoms with Crippen LogP contribution in [0.2, 0.25) is 5.02 Å². The Kier molecular flexibility index (Phi) is 5.29. The van der Waals surface area contributed by atoms with Gasteiger partial charge in [-0.25, -0.2) is 0 Å². The molecule has 2 N–H and O–H groups in total. The number of hydrogen-bond acceptors (Lipinski definition) is 3. The zero-order valence-electron chi connectivity index (χ0n) is 14.2. The highest BCUT2D eigenvalue weighted by atomic mass is 35.5. The minimum absolute atomic E-state index is 0.0312. The minimum atomic E-state index is -0.341. The van der Waals surface area contributed by atoms with E-state index in [9.17, 15) is 9.59 Å². The van der Waals surface area contributed by atoms with Crippen molar-refractivity contribution in [3.05, 3.63) is 41.0 Å². The first kappa shape index (κ1) is 18.0. The first-order chi connectivity index (χ1) is 11.2. The SMILES string of the molecule is CN(CC(=O)NC(C)(C)C)C(=O)c1cc(-c2ccccc2Cl)n[nH]1. The van der Waals surface area contributed by atoms with Crippen LogP contribution in [0.3, 0.4) is 0 Å². The number of nitrogens with one attached hydrogen (secondary N) is 2. The number of aromatic nitrogens is 2. The second kappa shape index (κ2) is 7.05. The van der Waals surface area contributed by atoms with E-state index in [4.69, 9.17) is 11.6 Å². The quantitative estimate of drug-likeness (QED) is 0.891. The molecule has 1 aromatic heterocycles. The van der Waals surface area contributed by atoms with E-state index in [1.807, 2.05) is 39.0 Å². The average Bonchev–Trinajstić information content (AvgIpc) is 2.94. The van der Waals surface area contributed by atoms with E-state index in [0.29, 0.717) is 16.4 Å². The number of likely N-dealkylation sites (N-methyl/N-ethyl adjacent to an activating group) is 1. The van der Waals surface area contributed by atoms with E-state index in [0.717, 1.165) is 5.56 Å². The second-order valence-electron chi connectivity index (χ2n) is 6.61. The maximum Gasteiger partial charge on any atom is 0.272 e. The van der Waals surface area contributed by atoms with Gasteiger partial charge in [0.05, 0.1) is 17.3 Å². The Hall–Kier alpha value is -2.34. The molecular weight excluding hydrogens is 328 g/mol. The fourth-order valence-corrected chi connectivity index (χ4v) is 2.42. The summed E-state index contributed by atoms with van der Waals surface area (Å²) in [6.45, 7) is 5.63. The molecule has 0 aliphatic carbocycles. The minimum Gasteiger partial charge on any atom is -0.350 e. The highest BCUT2D eigenvalue weighted by Crippen LogP contribution is 2.26. The van der Waals surface area contributed by atoms with Crippen molar-refractivity contribution in [3.8, 4) is 11.3 Å². The van der Waals surface area contributed by atoms with Gasteiger partial charge in [0, 0.05) is 18.2 Å². The van der Waals surface area contributed by atoms with Crippen molar-refractivity contribution >= 4 is 23.4 Å². The summed E-state index contributed by atoms with van der Waals surface area (Å²) in [5.74, 6) is -0.533. The topological polar surface area (TPSA) is 78.1 Å². The van der Waals surface area contributed by atoms with Gasteiger partial charge >= 0.3 is 0 Å². The number of hydrogen-bond donors (Lipinski definition) is 2. The van der Waals surface area contributed by atoms with Crippen molar-refractivity contribution in [1.29, 1.82) is 0 Å². The van der Waals surface area contributed by atoms with Crippen molar-refractivity contribution < 1.29 is 9.59 Å². The van der Waals surface area contributed by atoms with Gasteiger partial charge in [-0.3, -0.25) is 14.7 Å². The van der Waals surface area contributed by atoms with Crippen molar-refractivity contribution in [2.75, 3.05) is 13.6 Å². The van der Waals surface area contributed by atoms with Gasteiger partial charge in [0.2, 0.25) is 5.91 Å². The molecule has 0 spiro atoms. The van der Waals surface area contributed by atoms with Gasteiger partial charge in [-0.05, 0) is 32.9 Å². The number of amides is 2. The molecule has 0 unspecified atom stereocenters. The van der Waals surface area contributed by atoms with Crippen LogP contribution in [0.25, 0.3) is 11.3 Å². The van der Waals surface area contributed by atoms with Crippen molar-refractivity contribution in [3.63, 3.8) is 0 Å². The summed E-state index contributed by atoms with van der Waals surface area (Å²) in [5, 5.41) is 10.2. The number of aromatic amines is 1. The molecule has 1 heterocycles. The molecule has 2 aromatic rings. The predicted molar refractivity (Wildman–Crippen MR) is 93.9 cm³/mol. The number of nitrogens with zero attached hydrogens (tertiary/aromatic N) is 2. The van der Waals surface area contributed by atoms with E-state index < -0.39 is 0 Å². The van der Waals surface area contributed by atoms with Crippen molar-refractivity contribution in [2.24, 2.45) is 0 Å². The molecule has 24 heavy (non-hydrogen) atoms. The summed E-state index contributed by atoms with van der Waals surface area (Å²) in [6, 6.07) is 8.89. The van der Waals surface area contributed by atoms with E-state index in [1.165, 1.54) is 4.90 Å². The summed E-state index contributed by atoms with van der Waals surface area (Å²) >= 11 is 6.14. The van der Waals surface area contributed by atoms with Crippen LogP contribution >= 0.6 is 11.6 Å². The summed E-state index contributed by atoms with van der Waals surface area (Å²) < 4.78 is 0. The molecule has 0 aliphatic heterocycles. The molecule has 0 aliphatic rings. The van der Waals surface area contributed by atoms with Gasteiger partial charge in [-0.2, -0.15) is 5.10 Å². The summed E-state index contributed by atoms with van der Waals surface area (Å²) in [6.07, 6.45) is 0. The molecule has 2 amide bonds. The van der Waals surface area contributed by atoms with E-state index >= 15 is 0 Å². The lowest BCUT2D eigenvalue weighted by Crippen LogP contribution is -2.46. The zero-order valence-corrected chi connectivity index (χ0v) is 14.9. The highest BCUT2D eigenvalue weighted by molar-refractivity contribution is 6.33. The smallest absolute Gasteiger partial charge is 0.272 e. The maximum absolute atomic E-state index is 12.4. The van der Waals surface area contributed by atoms with Crippen LogP contribution in [-0.2, 0) is 4.79 Å². The fraction of sp³-hybridized carbons (Fsp3) is 0.353. The fourth-order valence-electron chi connectivity index (χ4n) is 2.19. The standard InChI is InChI=1S/C17H21ClN4O2/c1-17(2,3)19-15(23)10-22(4)16(24)14-9-13(20-21-14)11-7-5-6-8-12(11)18/h5-9H,10H2,1-4H3,(H,19,23)(H,20,21). The first-order valence-electron chi connectivity index (χ1n) is 7.54. The molecule has 1 aromatic carbocycles. The Morgan fingerprint density at radius 2 is 1.96 bits per heavy atom. The van der Waals surface area contributed by atoms with Gasteiger partial charge in [-0.15, -0.1) is 0 Å². The van der Waals surface area contributed by atoms with E-state index in [1.54, 1.807) is 19.2 Å². The normalized spacial score (nSPS) is 11.2. The van der Waals surface area contributed by atoms with E-state index in [-0.39, 0.29) is 23.9 Å². The molecule has 0 bridgehead atoms. The molecule has 0 radical (unpaired) electrons. The Morgan fingerprint density at radius 1 is 1.29 bits per heavy atom. The van der Waals surface area contributed by atoms with Crippen LogP contribution in [0.4, 0.5) is 0 Å². The van der Waals surface area contributed by atoms with Crippen molar-refractivity contribution in [2.45, 2.75) is 26.3 Å². The number of halogens is 1. The average molecular weight is 349 g/mol. The van der Waals surface area contributed by atoms with Gasteiger partial charge in [-0.1, -0.05) is 29.8 Å². The van der Waals surface area contributed by atoms with Crippen LogP contribution in [0, 0.1) is 0 Å². The third kappa shape index (κ3) is 4.58. The Morgan fingerprint density at radius 3 is 2.58 bits per heavy atom. The van der Waals surface area contributed by atoms with E-state index in [2.05, 4.69) is 15.5 Å². The van der Waals surface area contributed by atoms with Crippen LogP contribution in [0.1, 0.15) is 31.3 Å². The van der Waals surface area contributed by atoms with Gasteiger partial charge in [0.1, 0.15) is 5.69 Å². The van der Waals surface area contributed by atoms with Crippen LogP contribution in [0.5, 0.6) is 0 Å². The third-order valence-corrected chi connectivity index (χ3v) is 3.53. The number of rotatable bonds is 4. The molecule has 6 nitrogen and oxygen atoms in total. The number of carbonyl (C=O) groups is 2. The first-order valence-corrected chi connectivity index (χ1v) is 7.92. The van der Waals surface area contributed by atoms with Gasteiger partial charge < -0.3 is 10.2 Å². The lowest BCUT2D eigenvalue weighted by molar-refractivity contribution is -0.122. The number of carbonyl (C=O) groups excluding carboxylic acids is 2. The van der Waals surface area contributed by atoms with Gasteiger partial charge in [0.15, 0.2) is 0 Å². The number of H-pyrrole nitrogens is 1. The Bertz CT molecular complexity index is 749. The third-order valence-electron chi connectivity index (χ3n) is 3.20.